The van der Waals surface area contributed by atoms with Crippen molar-refractivity contribution < 1.29 is 9.90 Å². The van der Waals surface area contributed by atoms with Crippen LogP contribution in [0, 0.1) is 5.92 Å². The van der Waals surface area contributed by atoms with Crippen molar-refractivity contribution in [3.8, 4) is 0 Å². The van der Waals surface area contributed by atoms with Gasteiger partial charge in [0, 0.05) is 9.50 Å². The Bertz CT molecular complexity index is 683. The minimum Gasteiger partial charge on any atom is -0.481 e. The topological polar surface area (TPSA) is 40.5 Å². The SMILES string of the molecule is O=C(O)C1CCN(C(c2ccccc2Cl)c2ccccc2Br)CC1. The highest BCUT2D eigenvalue weighted by atomic mass is 79.9. The van der Waals surface area contributed by atoms with E-state index in [-0.39, 0.29) is 12.0 Å². The standard InChI is InChI=1S/C19H19BrClNO2/c20-16-7-3-1-5-14(16)18(15-6-2-4-8-17(15)21)22-11-9-13(10-12-22)19(23)24/h1-8,13,18H,9-12H2,(H,23,24). The summed E-state index contributed by atoms with van der Waals surface area (Å²) in [5.41, 5.74) is 2.21. The van der Waals surface area contributed by atoms with Crippen molar-refractivity contribution in [1.29, 1.82) is 0 Å². The molecule has 1 saturated heterocycles. The van der Waals surface area contributed by atoms with Crippen LogP contribution in [0.4, 0.5) is 0 Å². The fourth-order valence-electron chi connectivity index (χ4n) is 3.36. The van der Waals surface area contributed by atoms with E-state index in [4.69, 9.17) is 11.6 Å². The normalized spacial score (nSPS) is 17.6. The number of piperidine rings is 1. The molecule has 0 radical (unpaired) electrons. The highest BCUT2D eigenvalue weighted by Gasteiger charge is 2.31. The average molecular weight is 409 g/mol. The Hall–Kier alpha value is -1.36. The molecule has 2 aromatic rings. The lowest BCUT2D eigenvalue weighted by Crippen LogP contribution is -2.39. The van der Waals surface area contributed by atoms with Gasteiger partial charge in [0.05, 0.1) is 12.0 Å². The first kappa shape index (κ1) is 17.5. The molecule has 1 unspecified atom stereocenters. The Labute approximate surface area is 155 Å². The van der Waals surface area contributed by atoms with Gasteiger partial charge in [0.15, 0.2) is 0 Å². The molecule has 126 valence electrons. The predicted octanol–water partition coefficient (Wildman–Crippen LogP) is 4.99. The molecule has 0 amide bonds. The number of halogens is 2. The van der Waals surface area contributed by atoms with Crippen molar-refractivity contribution in [1.82, 2.24) is 4.90 Å². The number of benzene rings is 2. The highest BCUT2D eigenvalue weighted by molar-refractivity contribution is 9.10. The largest absolute Gasteiger partial charge is 0.481 e. The van der Waals surface area contributed by atoms with Crippen molar-refractivity contribution in [2.45, 2.75) is 18.9 Å². The molecule has 0 spiro atoms. The molecule has 1 N–H and O–H groups in total. The molecule has 0 aromatic heterocycles. The molecule has 0 bridgehead atoms. The lowest BCUT2D eigenvalue weighted by Gasteiger charge is -2.37. The average Bonchev–Trinajstić information content (AvgIpc) is 2.59. The number of carboxylic acid groups (broad SMARTS) is 1. The van der Waals surface area contributed by atoms with Gasteiger partial charge in [-0.25, -0.2) is 0 Å². The summed E-state index contributed by atoms with van der Waals surface area (Å²) in [6.45, 7) is 1.49. The number of carboxylic acids is 1. The van der Waals surface area contributed by atoms with Gasteiger partial charge in [-0.2, -0.15) is 0 Å². The van der Waals surface area contributed by atoms with Gasteiger partial charge in [0.2, 0.25) is 0 Å². The Kier molecular flexibility index (Phi) is 5.59. The zero-order valence-electron chi connectivity index (χ0n) is 13.2. The van der Waals surface area contributed by atoms with Gasteiger partial charge in [-0.3, -0.25) is 9.69 Å². The van der Waals surface area contributed by atoms with E-state index in [1.54, 1.807) is 0 Å². The van der Waals surface area contributed by atoms with Crippen LogP contribution >= 0.6 is 27.5 Å². The number of aliphatic carboxylic acids is 1. The maximum absolute atomic E-state index is 11.2. The third-order valence-electron chi connectivity index (χ3n) is 4.64. The summed E-state index contributed by atoms with van der Waals surface area (Å²) in [4.78, 5) is 13.6. The van der Waals surface area contributed by atoms with E-state index in [2.05, 4.69) is 33.0 Å². The molecule has 0 aliphatic carbocycles. The number of hydrogen-bond acceptors (Lipinski definition) is 2. The van der Waals surface area contributed by atoms with Crippen LogP contribution in [0.3, 0.4) is 0 Å². The molecule has 3 rings (SSSR count). The number of nitrogens with zero attached hydrogens (tertiary/aromatic N) is 1. The molecule has 1 aliphatic heterocycles. The Balaban J connectivity index is 1.97. The molecule has 0 saturated carbocycles. The van der Waals surface area contributed by atoms with Gasteiger partial charge in [-0.1, -0.05) is 63.9 Å². The third-order valence-corrected chi connectivity index (χ3v) is 5.71. The molecule has 1 atom stereocenters. The van der Waals surface area contributed by atoms with Crippen LogP contribution < -0.4 is 0 Å². The summed E-state index contributed by atoms with van der Waals surface area (Å²) in [6, 6.07) is 16.0. The minimum absolute atomic E-state index is 0.0176. The van der Waals surface area contributed by atoms with Crippen molar-refractivity contribution in [3.05, 3.63) is 69.2 Å². The third kappa shape index (κ3) is 3.66. The van der Waals surface area contributed by atoms with E-state index in [9.17, 15) is 9.90 Å². The smallest absolute Gasteiger partial charge is 0.306 e. The van der Waals surface area contributed by atoms with Crippen LogP contribution in [-0.2, 0) is 4.79 Å². The molecular weight excluding hydrogens is 390 g/mol. The summed E-state index contributed by atoms with van der Waals surface area (Å²) in [5, 5.41) is 9.97. The molecule has 1 aliphatic rings. The monoisotopic (exact) mass is 407 g/mol. The summed E-state index contributed by atoms with van der Waals surface area (Å²) in [5.74, 6) is -0.933. The maximum Gasteiger partial charge on any atom is 0.306 e. The van der Waals surface area contributed by atoms with E-state index in [0.29, 0.717) is 12.8 Å². The summed E-state index contributed by atoms with van der Waals surface area (Å²) in [7, 11) is 0. The summed E-state index contributed by atoms with van der Waals surface area (Å²) < 4.78 is 1.04. The summed E-state index contributed by atoms with van der Waals surface area (Å²) in [6.07, 6.45) is 1.33. The molecule has 1 heterocycles. The second-order valence-corrected chi connectivity index (χ2v) is 7.36. The lowest BCUT2D eigenvalue weighted by atomic mass is 9.91. The minimum atomic E-state index is -0.690. The fraction of sp³-hybridized carbons (Fsp3) is 0.316. The van der Waals surface area contributed by atoms with Crippen LogP contribution in [0.5, 0.6) is 0 Å². The predicted molar refractivity (Wildman–Crippen MR) is 99.4 cm³/mol. The first-order valence-corrected chi connectivity index (χ1v) is 9.20. The van der Waals surface area contributed by atoms with Crippen LogP contribution in [0.25, 0.3) is 0 Å². The van der Waals surface area contributed by atoms with E-state index in [1.807, 2.05) is 36.4 Å². The molecule has 2 aromatic carbocycles. The Morgan fingerprint density at radius 3 is 2.25 bits per heavy atom. The summed E-state index contributed by atoms with van der Waals surface area (Å²) >= 11 is 10.1. The van der Waals surface area contributed by atoms with Crippen LogP contribution in [0.15, 0.2) is 53.0 Å². The van der Waals surface area contributed by atoms with E-state index in [0.717, 1.165) is 33.7 Å². The van der Waals surface area contributed by atoms with E-state index < -0.39 is 5.97 Å². The second kappa shape index (κ2) is 7.68. The van der Waals surface area contributed by atoms with Crippen LogP contribution in [-0.4, -0.2) is 29.1 Å². The molecule has 5 heteroatoms. The van der Waals surface area contributed by atoms with Crippen molar-refractivity contribution >= 4 is 33.5 Å². The van der Waals surface area contributed by atoms with Gasteiger partial charge in [0.25, 0.3) is 0 Å². The Morgan fingerprint density at radius 2 is 1.67 bits per heavy atom. The quantitative estimate of drug-likeness (QED) is 0.775. The number of rotatable bonds is 4. The molecule has 24 heavy (non-hydrogen) atoms. The van der Waals surface area contributed by atoms with E-state index >= 15 is 0 Å². The van der Waals surface area contributed by atoms with Gasteiger partial charge in [-0.15, -0.1) is 0 Å². The second-order valence-electron chi connectivity index (χ2n) is 6.09. The van der Waals surface area contributed by atoms with Crippen molar-refractivity contribution in [3.63, 3.8) is 0 Å². The van der Waals surface area contributed by atoms with Gasteiger partial charge in [0.1, 0.15) is 0 Å². The zero-order valence-corrected chi connectivity index (χ0v) is 15.5. The van der Waals surface area contributed by atoms with Crippen molar-refractivity contribution in [2.24, 2.45) is 5.92 Å². The first-order chi connectivity index (χ1) is 11.6. The first-order valence-electron chi connectivity index (χ1n) is 8.03. The van der Waals surface area contributed by atoms with Gasteiger partial charge in [-0.05, 0) is 49.2 Å². The number of likely N-dealkylation sites (tertiary alicyclic amines) is 1. The van der Waals surface area contributed by atoms with Gasteiger partial charge >= 0.3 is 5.97 Å². The maximum atomic E-state index is 11.2. The zero-order chi connectivity index (χ0) is 17.1. The number of carbonyl (C=O) groups is 1. The van der Waals surface area contributed by atoms with Crippen molar-refractivity contribution in [2.75, 3.05) is 13.1 Å². The van der Waals surface area contributed by atoms with Crippen LogP contribution in [0.1, 0.15) is 30.0 Å². The van der Waals surface area contributed by atoms with Crippen LogP contribution in [0.2, 0.25) is 5.02 Å². The molecular formula is C19H19BrClNO2. The van der Waals surface area contributed by atoms with E-state index in [1.165, 1.54) is 0 Å². The molecule has 3 nitrogen and oxygen atoms in total. The number of hydrogen-bond donors (Lipinski definition) is 1. The lowest BCUT2D eigenvalue weighted by molar-refractivity contribution is -0.143. The highest BCUT2D eigenvalue weighted by Crippen LogP contribution is 2.38. The molecule has 1 fully saturated rings. The van der Waals surface area contributed by atoms with Gasteiger partial charge < -0.3 is 5.11 Å². The Morgan fingerprint density at radius 1 is 1.08 bits per heavy atom. The fourth-order valence-corrected chi connectivity index (χ4v) is 4.10.